The fourth-order valence-corrected chi connectivity index (χ4v) is 4.29. The molecule has 4 atom stereocenters. The van der Waals surface area contributed by atoms with Gasteiger partial charge in [-0.2, -0.15) is 0 Å². The first kappa shape index (κ1) is 12.8. The highest BCUT2D eigenvalue weighted by Gasteiger charge is 2.59. The van der Waals surface area contributed by atoms with Crippen LogP contribution in [0, 0.1) is 23.7 Å². The summed E-state index contributed by atoms with van der Waals surface area (Å²) in [5.74, 6) is 0.709. The second-order valence-electron chi connectivity index (χ2n) is 6.42. The Hall–Kier alpha value is -2.69. The molecule has 1 saturated heterocycles. The second-order valence-corrected chi connectivity index (χ2v) is 6.42. The lowest BCUT2D eigenvalue weighted by atomic mass is 9.85. The van der Waals surface area contributed by atoms with Crippen LogP contribution in [0.15, 0.2) is 53.4 Å². The number of carbonyl (C=O) groups is 2. The summed E-state index contributed by atoms with van der Waals surface area (Å²) in [6, 6.07) is 7.28. The number of anilines is 1. The third kappa shape index (κ3) is 1.64. The molecule has 1 aromatic heterocycles. The lowest BCUT2D eigenvalue weighted by Crippen LogP contribution is -2.32. The number of amides is 2. The van der Waals surface area contributed by atoms with Gasteiger partial charge in [0.2, 0.25) is 11.8 Å². The van der Waals surface area contributed by atoms with Crippen molar-refractivity contribution in [1.29, 1.82) is 0 Å². The number of fused-ring (bicyclic) bond motifs is 5. The number of aromatic nitrogens is 1. The first-order chi connectivity index (χ1) is 11.2. The summed E-state index contributed by atoms with van der Waals surface area (Å²) >= 11 is 0. The highest BCUT2D eigenvalue weighted by atomic mass is 16.3. The number of nitrogens with zero attached hydrogens (tertiary/aromatic N) is 2. The van der Waals surface area contributed by atoms with Crippen LogP contribution >= 0.6 is 0 Å². The Labute approximate surface area is 132 Å². The summed E-state index contributed by atoms with van der Waals surface area (Å²) in [5, 5.41) is 0. The van der Waals surface area contributed by atoms with E-state index in [4.69, 9.17) is 4.42 Å². The Kier molecular flexibility index (Phi) is 2.46. The first-order valence-electron chi connectivity index (χ1n) is 7.79. The van der Waals surface area contributed by atoms with Gasteiger partial charge in [-0.25, -0.2) is 4.98 Å². The molecule has 1 aliphatic heterocycles. The molecule has 23 heavy (non-hydrogen) atoms. The van der Waals surface area contributed by atoms with E-state index in [1.54, 1.807) is 18.3 Å². The Morgan fingerprint density at radius 3 is 2.22 bits per heavy atom. The van der Waals surface area contributed by atoms with Crippen molar-refractivity contribution in [3.05, 3.63) is 49.0 Å². The van der Waals surface area contributed by atoms with Gasteiger partial charge in [0.25, 0.3) is 0 Å². The summed E-state index contributed by atoms with van der Waals surface area (Å²) in [5.41, 5.74) is 1.50. The molecule has 4 unspecified atom stereocenters. The van der Waals surface area contributed by atoms with Crippen molar-refractivity contribution < 1.29 is 14.0 Å². The maximum Gasteiger partial charge on any atom is 0.238 e. The molecule has 3 aliphatic rings. The normalized spacial score (nSPS) is 31.2. The maximum absolute atomic E-state index is 12.7. The van der Waals surface area contributed by atoms with Gasteiger partial charge in [-0.3, -0.25) is 14.5 Å². The third-order valence-corrected chi connectivity index (χ3v) is 5.31. The van der Waals surface area contributed by atoms with Gasteiger partial charge >= 0.3 is 0 Å². The molecule has 2 heterocycles. The number of oxazole rings is 1. The minimum atomic E-state index is -0.161. The van der Waals surface area contributed by atoms with Gasteiger partial charge < -0.3 is 4.42 Å². The zero-order valence-corrected chi connectivity index (χ0v) is 12.3. The number of rotatable bonds is 2. The summed E-state index contributed by atoms with van der Waals surface area (Å²) in [6.07, 6.45) is 8.17. The highest BCUT2D eigenvalue weighted by Crippen LogP contribution is 2.53. The Morgan fingerprint density at radius 1 is 1.00 bits per heavy atom. The van der Waals surface area contributed by atoms with Crippen molar-refractivity contribution in [3.63, 3.8) is 0 Å². The van der Waals surface area contributed by atoms with Crippen LogP contribution in [-0.2, 0) is 9.59 Å². The fraction of sp³-hybridized carbons (Fsp3) is 0.278. The van der Waals surface area contributed by atoms with Gasteiger partial charge in [-0.15, -0.1) is 0 Å². The van der Waals surface area contributed by atoms with Crippen LogP contribution in [0.2, 0.25) is 0 Å². The van der Waals surface area contributed by atoms with Gasteiger partial charge in [0.1, 0.15) is 0 Å². The fourth-order valence-electron chi connectivity index (χ4n) is 4.29. The Balaban J connectivity index is 1.49. The van der Waals surface area contributed by atoms with E-state index in [9.17, 15) is 9.59 Å². The van der Waals surface area contributed by atoms with Crippen molar-refractivity contribution >= 4 is 17.5 Å². The molecule has 5 heteroatoms. The SMILES string of the molecule is O=C1C2C3C=CC(C3)C2C(=O)N1c1ccc(-c2cnco2)cc1. The predicted octanol–water partition coefficient (Wildman–Crippen LogP) is 2.65. The van der Waals surface area contributed by atoms with Crippen LogP contribution in [-0.4, -0.2) is 16.8 Å². The van der Waals surface area contributed by atoms with Crippen molar-refractivity contribution in [3.8, 4) is 11.3 Å². The standard InChI is InChI=1S/C18H14N2O3/c21-17-15-11-1-2-12(7-11)16(15)18(22)20(17)13-5-3-10(4-6-13)14-8-19-9-23-14/h1-6,8-9,11-12,15-16H,7H2. The molecular weight excluding hydrogens is 292 g/mol. The third-order valence-electron chi connectivity index (χ3n) is 5.31. The van der Waals surface area contributed by atoms with E-state index in [2.05, 4.69) is 17.1 Å². The van der Waals surface area contributed by atoms with E-state index < -0.39 is 0 Å². The molecule has 2 fully saturated rings. The lowest BCUT2D eigenvalue weighted by molar-refractivity contribution is -0.123. The Morgan fingerprint density at radius 2 is 1.65 bits per heavy atom. The molecule has 0 radical (unpaired) electrons. The van der Waals surface area contributed by atoms with E-state index >= 15 is 0 Å². The van der Waals surface area contributed by atoms with Crippen LogP contribution in [0.4, 0.5) is 5.69 Å². The molecule has 0 spiro atoms. The van der Waals surface area contributed by atoms with E-state index in [0.717, 1.165) is 12.0 Å². The molecule has 5 nitrogen and oxygen atoms in total. The molecule has 1 saturated carbocycles. The molecule has 0 N–H and O–H groups in total. The highest BCUT2D eigenvalue weighted by molar-refractivity contribution is 6.22. The van der Waals surface area contributed by atoms with Crippen LogP contribution < -0.4 is 4.90 Å². The van der Waals surface area contributed by atoms with Crippen molar-refractivity contribution in [2.45, 2.75) is 6.42 Å². The van der Waals surface area contributed by atoms with Crippen LogP contribution in [0.1, 0.15) is 6.42 Å². The minimum absolute atomic E-state index is 0.0516. The number of hydrogen-bond acceptors (Lipinski definition) is 4. The van der Waals surface area contributed by atoms with E-state index in [0.29, 0.717) is 11.4 Å². The van der Waals surface area contributed by atoms with Gasteiger partial charge in [-0.1, -0.05) is 12.2 Å². The quantitative estimate of drug-likeness (QED) is 0.632. The van der Waals surface area contributed by atoms with Crippen LogP contribution in [0.5, 0.6) is 0 Å². The molecule has 2 aliphatic carbocycles. The van der Waals surface area contributed by atoms with Gasteiger partial charge in [0.05, 0.1) is 23.7 Å². The van der Waals surface area contributed by atoms with Gasteiger partial charge in [0, 0.05) is 5.56 Å². The number of imide groups is 1. The van der Waals surface area contributed by atoms with Crippen molar-refractivity contribution in [2.75, 3.05) is 4.90 Å². The lowest BCUT2D eigenvalue weighted by Gasteiger charge is -2.17. The smallest absolute Gasteiger partial charge is 0.238 e. The molecule has 2 bridgehead atoms. The predicted molar refractivity (Wildman–Crippen MR) is 82.1 cm³/mol. The number of carbonyl (C=O) groups excluding carboxylic acids is 2. The molecular formula is C18H14N2O3. The van der Waals surface area contributed by atoms with E-state index in [-0.39, 0.29) is 35.5 Å². The van der Waals surface area contributed by atoms with E-state index in [1.807, 2.05) is 12.1 Å². The van der Waals surface area contributed by atoms with Crippen molar-refractivity contribution in [2.24, 2.45) is 23.7 Å². The molecule has 114 valence electrons. The molecule has 5 rings (SSSR count). The van der Waals surface area contributed by atoms with Crippen molar-refractivity contribution in [1.82, 2.24) is 4.98 Å². The average Bonchev–Trinajstić information content (AvgIpc) is 3.33. The minimum Gasteiger partial charge on any atom is -0.444 e. The average molecular weight is 306 g/mol. The zero-order chi connectivity index (χ0) is 15.6. The number of benzene rings is 1. The van der Waals surface area contributed by atoms with Gasteiger partial charge in [0.15, 0.2) is 12.2 Å². The van der Waals surface area contributed by atoms with E-state index in [1.165, 1.54) is 11.3 Å². The number of allylic oxidation sites excluding steroid dienone is 2. The number of hydrogen-bond donors (Lipinski definition) is 0. The second kappa shape index (κ2) is 4.41. The summed E-state index contributed by atoms with van der Waals surface area (Å²) in [4.78, 5) is 30.7. The summed E-state index contributed by atoms with van der Waals surface area (Å²) in [7, 11) is 0. The molecule has 1 aromatic carbocycles. The summed E-state index contributed by atoms with van der Waals surface area (Å²) < 4.78 is 5.26. The van der Waals surface area contributed by atoms with Gasteiger partial charge in [-0.05, 0) is 42.5 Å². The maximum atomic E-state index is 12.7. The van der Waals surface area contributed by atoms with Crippen LogP contribution in [0.3, 0.4) is 0 Å². The molecule has 2 aromatic rings. The summed E-state index contributed by atoms with van der Waals surface area (Å²) in [6.45, 7) is 0. The Bertz CT molecular complexity index is 792. The molecule has 2 amide bonds. The largest absolute Gasteiger partial charge is 0.444 e. The zero-order valence-electron chi connectivity index (χ0n) is 12.3. The van der Waals surface area contributed by atoms with Crippen LogP contribution in [0.25, 0.3) is 11.3 Å². The monoisotopic (exact) mass is 306 g/mol. The topological polar surface area (TPSA) is 63.4 Å². The first-order valence-corrected chi connectivity index (χ1v) is 7.79.